The number of ether oxygens (including phenoxy) is 1. The van der Waals surface area contributed by atoms with Crippen LogP contribution in [0.5, 0.6) is 0 Å². The van der Waals surface area contributed by atoms with E-state index in [0.29, 0.717) is 18.5 Å². The van der Waals surface area contributed by atoms with E-state index in [1.54, 1.807) is 0 Å². The first kappa shape index (κ1) is 21.3. The molecule has 1 aliphatic rings. The zero-order valence-corrected chi connectivity index (χ0v) is 17.8. The van der Waals surface area contributed by atoms with Gasteiger partial charge in [0.25, 0.3) is 0 Å². The lowest BCUT2D eigenvalue weighted by Crippen LogP contribution is -2.52. The van der Waals surface area contributed by atoms with Gasteiger partial charge in [-0.05, 0) is 25.0 Å². The minimum atomic E-state index is 0.462. The molecular formula is C22H34N6O. The summed E-state index contributed by atoms with van der Waals surface area (Å²) in [5.74, 6) is 1.41. The monoisotopic (exact) mass is 398 g/mol. The summed E-state index contributed by atoms with van der Waals surface area (Å²) in [6, 6.07) is 10.6. The van der Waals surface area contributed by atoms with Gasteiger partial charge in [0, 0.05) is 44.0 Å². The fourth-order valence-corrected chi connectivity index (χ4v) is 3.57. The van der Waals surface area contributed by atoms with Crippen molar-refractivity contribution in [2.75, 3.05) is 39.4 Å². The molecule has 1 aromatic carbocycles. The average molecular weight is 399 g/mol. The first-order valence-electron chi connectivity index (χ1n) is 10.6. The third-order valence-electron chi connectivity index (χ3n) is 5.18. The number of guanidine groups is 1. The van der Waals surface area contributed by atoms with Crippen LogP contribution in [0.15, 0.2) is 47.7 Å². The lowest BCUT2D eigenvalue weighted by molar-refractivity contribution is 0.00752. The smallest absolute Gasteiger partial charge is 0.191 e. The van der Waals surface area contributed by atoms with Gasteiger partial charge in [0.1, 0.15) is 0 Å². The van der Waals surface area contributed by atoms with Gasteiger partial charge in [-0.2, -0.15) is 5.10 Å². The van der Waals surface area contributed by atoms with Crippen LogP contribution in [0.3, 0.4) is 0 Å². The molecule has 2 aromatic rings. The molecule has 3 rings (SSSR count). The van der Waals surface area contributed by atoms with Gasteiger partial charge in [-0.3, -0.25) is 4.90 Å². The predicted octanol–water partition coefficient (Wildman–Crippen LogP) is 2.28. The largest absolute Gasteiger partial charge is 0.379 e. The molecule has 158 valence electrons. The quantitative estimate of drug-likeness (QED) is 0.528. The predicted molar refractivity (Wildman–Crippen MR) is 117 cm³/mol. The maximum absolute atomic E-state index is 5.51. The van der Waals surface area contributed by atoms with Crippen molar-refractivity contribution in [3.05, 3.63) is 48.3 Å². The van der Waals surface area contributed by atoms with Crippen molar-refractivity contribution in [2.24, 2.45) is 10.9 Å². The summed E-state index contributed by atoms with van der Waals surface area (Å²) >= 11 is 0. The molecule has 1 saturated heterocycles. The summed E-state index contributed by atoms with van der Waals surface area (Å²) < 4.78 is 7.40. The number of benzene rings is 1. The summed E-state index contributed by atoms with van der Waals surface area (Å²) in [5, 5.41) is 11.4. The minimum Gasteiger partial charge on any atom is -0.379 e. The van der Waals surface area contributed by atoms with Gasteiger partial charge in [0.05, 0.1) is 31.6 Å². The average Bonchev–Trinajstić information content (AvgIpc) is 3.22. The summed E-state index contributed by atoms with van der Waals surface area (Å²) in [6.45, 7) is 12.6. The molecule has 29 heavy (non-hydrogen) atoms. The number of hydrogen-bond donors (Lipinski definition) is 2. The summed E-state index contributed by atoms with van der Waals surface area (Å²) in [5.41, 5.74) is 2.14. The van der Waals surface area contributed by atoms with Gasteiger partial charge in [0.15, 0.2) is 5.96 Å². The van der Waals surface area contributed by atoms with Gasteiger partial charge < -0.3 is 15.4 Å². The zero-order valence-electron chi connectivity index (χ0n) is 17.8. The van der Waals surface area contributed by atoms with Crippen LogP contribution < -0.4 is 10.6 Å². The van der Waals surface area contributed by atoms with Gasteiger partial charge >= 0.3 is 0 Å². The third-order valence-corrected chi connectivity index (χ3v) is 5.18. The van der Waals surface area contributed by atoms with Crippen LogP contribution in [0.25, 0.3) is 5.69 Å². The topological polar surface area (TPSA) is 66.7 Å². The lowest BCUT2D eigenvalue weighted by atomic mass is 10.0. The van der Waals surface area contributed by atoms with Crippen molar-refractivity contribution in [3.63, 3.8) is 0 Å². The fourth-order valence-electron chi connectivity index (χ4n) is 3.57. The molecule has 0 amide bonds. The van der Waals surface area contributed by atoms with Crippen molar-refractivity contribution in [2.45, 2.75) is 33.4 Å². The van der Waals surface area contributed by atoms with Crippen LogP contribution in [-0.4, -0.2) is 66.1 Å². The van der Waals surface area contributed by atoms with E-state index in [1.807, 2.05) is 47.4 Å². The number of nitrogens with one attached hydrogen (secondary N) is 2. The van der Waals surface area contributed by atoms with E-state index in [4.69, 9.17) is 9.73 Å². The van der Waals surface area contributed by atoms with E-state index < -0.39 is 0 Å². The van der Waals surface area contributed by atoms with E-state index in [1.165, 1.54) is 0 Å². The second-order valence-corrected chi connectivity index (χ2v) is 7.66. The molecule has 2 N–H and O–H groups in total. The SMILES string of the molecule is CCNC(=NCc1cnn(-c2ccccc2)c1)NCC(C(C)C)N1CCOCC1. The van der Waals surface area contributed by atoms with E-state index >= 15 is 0 Å². The van der Waals surface area contributed by atoms with Crippen LogP contribution >= 0.6 is 0 Å². The highest BCUT2D eigenvalue weighted by molar-refractivity contribution is 5.79. The van der Waals surface area contributed by atoms with E-state index in [0.717, 1.165) is 56.6 Å². The molecule has 1 aliphatic heterocycles. The second-order valence-electron chi connectivity index (χ2n) is 7.66. The number of para-hydroxylation sites is 1. The van der Waals surface area contributed by atoms with Crippen LogP contribution in [0.2, 0.25) is 0 Å². The number of hydrogen-bond acceptors (Lipinski definition) is 4. The Morgan fingerprint density at radius 1 is 1.17 bits per heavy atom. The van der Waals surface area contributed by atoms with Crippen LogP contribution in [0.1, 0.15) is 26.3 Å². The van der Waals surface area contributed by atoms with E-state index in [-0.39, 0.29) is 0 Å². The van der Waals surface area contributed by atoms with Crippen molar-refractivity contribution < 1.29 is 4.74 Å². The van der Waals surface area contributed by atoms with Crippen molar-refractivity contribution in [3.8, 4) is 5.69 Å². The fraction of sp³-hybridized carbons (Fsp3) is 0.545. The Kier molecular flexibility index (Phi) is 8.07. The summed E-state index contributed by atoms with van der Waals surface area (Å²) in [4.78, 5) is 7.29. The molecule has 1 aromatic heterocycles. The van der Waals surface area contributed by atoms with Crippen LogP contribution in [0, 0.1) is 5.92 Å². The number of nitrogens with zero attached hydrogens (tertiary/aromatic N) is 4. The molecule has 7 nitrogen and oxygen atoms in total. The maximum Gasteiger partial charge on any atom is 0.191 e. The summed E-state index contributed by atoms with van der Waals surface area (Å²) in [7, 11) is 0. The Labute approximate surface area is 174 Å². The number of rotatable bonds is 8. The molecule has 1 fully saturated rings. The zero-order chi connectivity index (χ0) is 20.5. The van der Waals surface area contributed by atoms with Gasteiger partial charge in [-0.15, -0.1) is 0 Å². The Morgan fingerprint density at radius 2 is 1.93 bits per heavy atom. The van der Waals surface area contributed by atoms with Crippen LogP contribution in [0.4, 0.5) is 0 Å². The molecule has 1 atom stereocenters. The first-order valence-corrected chi connectivity index (χ1v) is 10.6. The normalized spacial score (nSPS) is 16.8. The molecule has 0 bridgehead atoms. The Hall–Kier alpha value is -2.38. The highest BCUT2D eigenvalue weighted by Crippen LogP contribution is 2.12. The number of aliphatic imine (C=N–C) groups is 1. The number of aromatic nitrogens is 2. The van der Waals surface area contributed by atoms with Crippen LogP contribution in [-0.2, 0) is 11.3 Å². The van der Waals surface area contributed by atoms with Gasteiger partial charge in [-0.25, -0.2) is 9.67 Å². The van der Waals surface area contributed by atoms with Crippen molar-refractivity contribution >= 4 is 5.96 Å². The lowest BCUT2D eigenvalue weighted by Gasteiger charge is -2.37. The Balaban J connectivity index is 1.60. The first-order chi connectivity index (χ1) is 14.2. The Morgan fingerprint density at radius 3 is 2.62 bits per heavy atom. The summed E-state index contributed by atoms with van der Waals surface area (Å²) in [6.07, 6.45) is 3.91. The Bertz CT molecular complexity index is 752. The molecule has 0 aliphatic carbocycles. The second kappa shape index (κ2) is 11.0. The molecular weight excluding hydrogens is 364 g/mol. The standard InChI is InChI=1S/C22H34N6O/c1-4-23-22(25-16-21(18(2)3)27-10-12-29-13-11-27)24-14-19-15-26-28(17-19)20-8-6-5-7-9-20/h5-9,15,17-18,21H,4,10-14,16H2,1-3H3,(H2,23,24,25). The maximum atomic E-state index is 5.51. The molecule has 0 spiro atoms. The molecule has 7 heteroatoms. The molecule has 0 saturated carbocycles. The van der Waals surface area contributed by atoms with Gasteiger partial charge in [0.2, 0.25) is 0 Å². The molecule has 2 heterocycles. The third kappa shape index (κ3) is 6.30. The van der Waals surface area contributed by atoms with E-state index in [9.17, 15) is 0 Å². The molecule has 1 unspecified atom stereocenters. The highest BCUT2D eigenvalue weighted by atomic mass is 16.5. The minimum absolute atomic E-state index is 0.462. The van der Waals surface area contributed by atoms with Gasteiger partial charge in [-0.1, -0.05) is 32.0 Å². The molecule has 0 radical (unpaired) electrons. The van der Waals surface area contributed by atoms with E-state index in [2.05, 4.69) is 41.4 Å². The van der Waals surface area contributed by atoms with Crippen molar-refractivity contribution in [1.82, 2.24) is 25.3 Å². The number of morpholine rings is 1. The van der Waals surface area contributed by atoms with Crippen molar-refractivity contribution in [1.29, 1.82) is 0 Å². The highest BCUT2D eigenvalue weighted by Gasteiger charge is 2.23.